The Balaban J connectivity index is 4.14. The van der Waals surface area contributed by atoms with E-state index in [1.54, 1.807) is 6.92 Å². The number of amides is 2. The average Bonchev–Trinajstić information content (AvgIpc) is 2.57. The molecule has 5 nitrogen and oxygen atoms in total. The predicted molar refractivity (Wildman–Crippen MR) is 116 cm³/mol. The second-order valence-electron chi connectivity index (χ2n) is 6.89. The number of carbonyl (C=O) groups excluding carboxylic acids is 1. The first kappa shape index (κ1) is 25.3. The summed E-state index contributed by atoms with van der Waals surface area (Å²) in [5.74, 6) is 0.0819. The van der Waals surface area contributed by atoms with Gasteiger partial charge in [0.1, 0.15) is 6.04 Å². The molecule has 0 aliphatic heterocycles. The van der Waals surface area contributed by atoms with Crippen molar-refractivity contribution in [1.29, 1.82) is 0 Å². The van der Waals surface area contributed by atoms with Crippen LogP contribution in [0.2, 0.25) is 0 Å². The van der Waals surface area contributed by atoms with Gasteiger partial charge in [-0.25, -0.2) is 9.59 Å². The van der Waals surface area contributed by atoms with Crippen LogP contribution < -0.4 is 10.6 Å². The molecule has 0 saturated heterocycles. The summed E-state index contributed by atoms with van der Waals surface area (Å²) in [6.07, 6.45) is 11.0. The van der Waals surface area contributed by atoms with Crippen molar-refractivity contribution in [1.82, 2.24) is 10.6 Å². The van der Waals surface area contributed by atoms with Gasteiger partial charge in [0.15, 0.2) is 0 Å². The van der Waals surface area contributed by atoms with Crippen molar-refractivity contribution in [3.05, 3.63) is 34.9 Å². The van der Waals surface area contributed by atoms with Crippen molar-refractivity contribution < 1.29 is 14.7 Å². The van der Waals surface area contributed by atoms with Gasteiger partial charge in [-0.1, -0.05) is 34.9 Å². The van der Waals surface area contributed by atoms with Crippen molar-refractivity contribution in [2.24, 2.45) is 0 Å². The Bertz CT molecular complexity index is 550. The fraction of sp³-hybridized carbons (Fsp3) is 0.619. The number of allylic oxidation sites excluding steroid dienone is 5. The highest BCUT2D eigenvalue weighted by molar-refractivity contribution is 7.99. The number of urea groups is 1. The molecule has 0 aliphatic rings. The van der Waals surface area contributed by atoms with Crippen LogP contribution in [-0.4, -0.2) is 41.2 Å². The van der Waals surface area contributed by atoms with E-state index in [9.17, 15) is 14.7 Å². The molecule has 0 heterocycles. The zero-order chi connectivity index (χ0) is 20.7. The molecule has 1 atom stereocenters. The number of hydrogen-bond acceptors (Lipinski definition) is 3. The first-order valence-electron chi connectivity index (χ1n) is 9.55. The molecule has 0 spiro atoms. The van der Waals surface area contributed by atoms with E-state index in [4.69, 9.17) is 0 Å². The minimum absolute atomic E-state index is 0.347. The van der Waals surface area contributed by atoms with Crippen molar-refractivity contribution >= 4 is 23.8 Å². The molecule has 0 radical (unpaired) electrons. The van der Waals surface area contributed by atoms with E-state index in [0.717, 1.165) is 31.4 Å². The van der Waals surface area contributed by atoms with Gasteiger partial charge in [0.2, 0.25) is 0 Å². The Morgan fingerprint density at radius 1 is 1.00 bits per heavy atom. The van der Waals surface area contributed by atoms with Gasteiger partial charge in [0.25, 0.3) is 0 Å². The number of nitrogens with one attached hydrogen (secondary N) is 2. The first-order valence-corrected chi connectivity index (χ1v) is 10.7. The predicted octanol–water partition coefficient (Wildman–Crippen LogP) is 4.91. The summed E-state index contributed by atoms with van der Waals surface area (Å²) in [5.41, 5.74) is 4.10. The Hall–Kier alpha value is -1.69. The molecule has 0 saturated carbocycles. The van der Waals surface area contributed by atoms with E-state index in [1.807, 2.05) is 0 Å². The van der Waals surface area contributed by atoms with Crippen LogP contribution in [0.5, 0.6) is 0 Å². The normalized spacial score (nSPS) is 13.1. The molecule has 3 N–H and O–H groups in total. The summed E-state index contributed by atoms with van der Waals surface area (Å²) in [6, 6.07) is -1.31. The lowest BCUT2D eigenvalue weighted by Gasteiger charge is -2.14. The molecule has 154 valence electrons. The zero-order valence-corrected chi connectivity index (χ0v) is 18.2. The zero-order valence-electron chi connectivity index (χ0n) is 17.4. The second-order valence-corrected chi connectivity index (χ2v) is 7.97. The number of hydrogen-bond donors (Lipinski definition) is 3. The number of rotatable bonds is 13. The summed E-state index contributed by atoms with van der Waals surface area (Å²) in [5, 5.41) is 14.2. The maximum absolute atomic E-state index is 11.5. The smallest absolute Gasteiger partial charge is 0.327 e. The van der Waals surface area contributed by atoms with E-state index in [1.165, 1.54) is 28.5 Å². The number of carboxylic acids is 1. The van der Waals surface area contributed by atoms with Crippen LogP contribution in [-0.2, 0) is 4.79 Å². The van der Waals surface area contributed by atoms with Crippen molar-refractivity contribution in [3.8, 4) is 0 Å². The van der Waals surface area contributed by atoms with Gasteiger partial charge < -0.3 is 15.7 Å². The molecule has 0 rings (SSSR count). The lowest BCUT2D eigenvalue weighted by molar-refractivity contribution is -0.138. The van der Waals surface area contributed by atoms with E-state index in [-0.39, 0.29) is 0 Å². The summed E-state index contributed by atoms with van der Waals surface area (Å²) in [7, 11) is 0. The fourth-order valence-corrected chi connectivity index (χ4v) is 3.27. The second kappa shape index (κ2) is 15.4. The summed E-state index contributed by atoms with van der Waals surface area (Å²) in [6.45, 7) is 10.8. The van der Waals surface area contributed by atoms with Gasteiger partial charge >= 0.3 is 12.0 Å². The molecular formula is C21H36N2O3S. The molecule has 2 amide bonds. The molecule has 0 aliphatic carbocycles. The maximum Gasteiger partial charge on any atom is 0.327 e. The molecule has 0 unspecified atom stereocenters. The van der Waals surface area contributed by atoms with Gasteiger partial charge in [-0.3, -0.25) is 0 Å². The Morgan fingerprint density at radius 2 is 1.59 bits per heavy atom. The van der Waals surface area contributed by atoms with Crippen LogP contribution in [0.4, 0.5) is 4.79 Å². The summed E-state index contributed by atoms with van der Waals surface area (Å²) < 4.78 is 0. The van der Waals surface area contributed by atoms with Crippen LogP contribution in [0.15, 0.2) is 34.9 Å². The Labute approximate surface area is 168 Å². The van der Waals surface area contributed by atoms with Crippen LogP contribution in [0.1, 0.15) is 60.3 Å². The van der Waals surface area contributed by atoms with Crippen LogP contribution in [0.25, 0.3) is 0 Å². The third-order valence-electron chi connectivity index (χ3n) is 3.90. The van der Waals surface area contributed by atoms with Gasteiger partial charge in [-0.2, -0.15) is 11.8 Å². The largest absolute Gasteiger partial charge is 0.480 e. The highest BCUT2D eigenvalue weighted by Crippen LogP contribution is 2.13. The summed E-state index contributed by atoms with van der Waals surface area (Å²) >= 11 is 1.51. The minimum atomic E-state index is -1.01. The highest BCUT2D eigenvalue weighted by Gasteiger charge is 2.19. The average molecular weight is 397 g/mol. The molecular weight excluding hydrogens is 360 g/mol. The SMILES string of the molecule is CCNC(=O)N[C@@H](CSCC=C(C)CCC=C(C)CCC=C(C)C)C(=O)O. The van der Waals surface area contributed by atoms with Gasteiger partial charge in [0, 0.05) is 18.1 Å². The number of carbonyl (C=O) groups is 2. The molecule has 27 heavy (non-hydrogen) atoms. The van der Waals surface area contributed by atoms with Crippen molar-refractivity contribution in [2.45, 2.75) is 66.3 Å². The monoisotopic (exact) mass is 396 g/mol. The standard InChI is InChI=1S/C21H36N2O3S/c1-6-22-21(26)23-19(20(24)25)15-27-14-13-18(5)12-8-11-17(4)10-7-9-16(2)3/h9,11,13,19H,6-8,10,12,14-15H2,1-5H3,(H,24,25)(H2,22,23,26)/t19-/m0/s1. The van der Waals surface area contributed by atoms with Crippen LogP contribution >= 0.6 is 11.8 Å². The number of thioether (sulfide) groups is 1. The number of carboxylic acid groups (broad SMARTS) is 1. The molecule has 0 aromatic carbocycles. The summed E-state index contributed by atoms with van der Waals surface area (Å²) in [4.78, 5) is 22.7. The first-order chi connectivity index (χ1) is 12.8. The van der Waals surface area contributed by atoms with Gasteiger partial charge in [0.05, 0.1) is 0 Å². The Morgan fingerprint density at radius 3 is 2.15 bits per heavy atom. The lowest BCUT2D eigenvalue weighted by Crippen LogP contribution is -2.47. The topological polar surface area (TPSA) is 78.4 Å². The van der Waals surface area contributed by atoms with E-state index >= 15 is 0 Å². The molecule has 0 aromatic heterocycles. The van der Waals surface area contributed by atoms with Crippen molar-refractivity contribution in [2.75, 3.05) is 18.1 Å². The third kappa shape index (κ3) is 15.1. The van der Waals surface area contributed by atoms with E-state index < -0.39 is 18.0 Å². The number of aliphatic carboxylic acids is 1. The van der Waals surface area contributed by atoms with Crippen LogP contribution in [0, 0.1) is 0 Å². The van der Waals surface area contributed by atoms with Gasteiger partial charge in [-0.05, 0) is 60.3 Å². The van der Waals surface area contributed by atoms with E-state index in [2.05, 4.69) is 56.6 Å². The maximum atomic E-state index is 11.5. The molecule has 0 aromatic rings. The molecule has 0 bridgehead atoms. The van der Waals surface area contributed by atoms with E-state index in [0.29, 0.717) is 12.3 Å². The van der Waals surface area contributed by atoms with Crippen molar-refractivity contribution in [3.63, 3.8) is 0 Å². The van der Waals surface area contributed by atoms with Gasteiger partial charge in [-0.15, -0.1) is 0 Å². The fourth-order valence-electron chi connectivity index (χ4n) is 2.27. The van der Waals surface area contributed by atoms with Crippen LogP contribution in [0.3, 0.4) is 0 Å². The minimum Gasteiger partial charge on any atom is -0.480 e. The quantitative estimate of drug-likeness (QED) is 0.305. The lowest BCUT2D eigenvalue weighted by atomic mass is 10.1. The molecule has 0 fully saturated rings. The third-order valence-corrected chi connectivity index (χ3v) is 4.87. The molecule has 6 heteroatoms. The Kier molecular flexibility index (Phi) is 14.4. The highest BCUT2D eigenvalue weighted by atomic mass is 32.2.